The van der Waals surface area contributed by atoms with E-state index < -0.39 is 6.10 Å². The molecule has 1 aromatic rings. The van der Waals surface area contributed by atoms with Gasteiger partial charge < -0.3 is 30.1 Å². The predicted molar refractivity (Wildman–Crippen MR) is 113 cm³/mol. The molecule has 2 atom stereocenters. The minimum absolute atomic E-state index is 0.0626. The Kier molecular flexibility index (Phi) is 7.79. The lowest BCUT2D eigenvalue weighted by Gasteiger charge is -2.33. The molecular formula is C22H33N3O5. The van der Waals surface area contributed by atoms with Crippen LogP contribution in [0.15, 0.2) is 18.2 Å². The molecule has 0 aromatic heterocycles. The summed E-state index contributed by atoms with van der Waals surface area (Å²) in [6.07, 6.45) is 5.00. The third-order valence-electron chi connectivity index (χ3n) is 6.03. The third-order valence-corrected chi connectivity index (χ3v) is 6.03. The van der Waals surface area contributed by atoms with E-state index in [2.05, 4.69) is 10.6 Å². The molecule has 1 saturated heterocycles. The smallest absolute Gasteiger partial charge is 0.317 e. The Bertz CT molecular complexity index is 735. The zero-order chi connectivity index (χ0) is 21.5. The number of aliphatic hydroxyl groups is 1. The van der Waals surface area contributed by atoms with E-state index in [9.17, 15) is 14.7 Å². The highest BCUT2D eigenvalue weighted by atomic mass is 16.5. The predicted octanol–water partition coefficient (Wildman–Crippen LogP) is 2.22. The molecular weight excluding hydrogens is 386 g/mol. The SMILES string of the molecule is COc1ccc(OC)c([C@@H](O)CNC(=O)[C@@H]2CCCN(C(=O)NC3CCCC3)C2)c1. The van der Waals surface area contributed by atoms with Crippen molar-refractivity contribution in [2.45, 2.75) is 50.7 Å². The molecule has 1 aliphatic carbocycles. The quantitative estimate of drug-likeness (QED) is 0.629. The zero-order valence-electron chi connectivity index (χ0n) is 17.9. The molecule has 0 spiro atoms. The minimum Gasteiger partial charge on any atom is -0.497 e. The van der Waals surface area contributed by atoms with Crippen LogP contribution in [0.25, 0.3) is 0 Å². The maximum absolute atomic E-state index is 12.7. The molecule has 2 fully saturated rings. The van der Waals surface area contributed by atoms with Crippen LogP contribution in [-0.4, -0.2) is 61.8 Å². The van der Waals surface area contributed by atoms with Gasteiger partial charge in [0.1, 0.15) is 11.5 Å². The standard InChI is InChI=1S/C22H33N3O5/c1-29-17-9-10-20(30-2)18(12-17)19(26)13-23-21(27)15-6-5-11-25(14-15)22(28)24-16-7-3-4-8-16/h9-10,12,15-16,19,26H,3-8,11,13-14H2,1-2H3,(H,23,27)(H,24,28)/t15-,19+/m1/s1. The number of amides is 3. The van der Waals surface area contributed by atoms with Gasteiger partial charge in [0.15, 0.2) is 0 Å². The lowest BCUT2D eigenvalue weighted by atomic mass is 9.97. The molecule has 1 aliphatic heterocycles. The summed E-state index contributed by atoms with van der Waals surface area (Å²) < 4.78 is 10.5. The van der Waals surface area contributed by atoms with Crippen molar-refractivity contribution in [3.8, 4) is 11.5 Å². The number of urea groups is 1. The van der Waals surface area contributed by atoms with Gasteiger partial charge in [0, 0.05) is 31.2 Å². The number of ether oxygens (including phenoxy) is 2. The van der Waals surface area contributed by atoms with Crippen LogP contribution < -0.4 is 20.1 Å². The normalized spacial score (nSPS) is 20.5. The summed E-state index contributed by atoms with van der Waals surface area (Å²) in [6.45, 7) is 1.14. The van der Waals surface area contributed by atoms with Crippen molar-refractivity contribution in [3.63, 3.8) is 0 Å². The monoisotopic (exact) mass is 419 g/mol. The number of aliphatic hydroxyl groups excluding tert-OH is 1. The molecule has 1 saturated carbocycles. The first-order chi connectivity index (χ1) is 14.5. The number of methoxy groups -OCH3 is 2. The summed E-state index contributed by atoms with van der Waals surface area (Å²) in [6, 6.07) is 5.37. The second-order valence-corrected chi connectivity index (χ2v) is 8.08. The van der Waals surface area contributed by atoms with Gasteiger partial charge in [0.2, 0.25) is 5.91 Å². The van der Waals surface area contributed by atoms with E-state index in [4.69, 9.17) is 9.47 Å². The molecule has 8 heteroatoms. The van der Waals surface area contributed by atoms with Crippen LogP contribution in [0.3, 0.4) is 0 Å². The molecule has 1 heterocycles. The number of rotatable bonds is 7. The Balaban J connectivity index is 1.52. The van der Waals surface area contributed by atoms with Crippen LogP contribution in [-0.2, 0) is 4.79 Å². The van der Waals surface area contributed by atoms with Crippen molar-refractivity contribution in [3.05, 3.63) is 23.8 Å². The van der Waals surface area contributed by atoms with Crippen molar-refractivity contribution >= 4 is 11.9 Å². The Morgan fingerprint density at radius 2 is 1.93 bits per heavy atom. The fourth-order valence-corrected chi connectivity index (χ4v) is 4.26. The lowest BCUT2D eigenvalue weighted by Crippen LogP contribution is -2.50. The Hall–Kier alpha value is -2.48. The van der Waals surface area contributed by atoms with Crippen molar-refractivity contribution < 1.29 is 24.2 Å². The van der Waals surface area contributed by atoms with Crippen LogP contribution in [0.1, 0.15) is 50.2 Å². The van der Waals surface area contributed by atoms with Gasteiger partial charge in [-0.25, -0.2) is 4.79 Å². The molecule has 30 heavy (non-hydrogen) atoms. The second-order valence-electron chi connectivity index (χ2n) is 8.08. The van der Waals surface area contributed by atoms with Gasteiger partial charge in [0.05, 0.1) is 26.2 Å². The molecule has 1 aromatic carbocycles. The van der Waals surface area contributed by atoms with Gasteiger partial charge in [0.25, 0.3) is 0 Å². The fourth-order valence-electron chi connectivity index (χ4n) is 4.26. The van der Waals surface area contributed by atoms with Crippen molar-refractivity contribution in [2.24, 2.45) is 5.92 Å². The largest absolute Gasteiger partial charge is 0.497 e. The van der Waals surface area contributed by atoms with E-state index in [1.165, 1.54) is 7.11 Å². The van der Waals surface area contributed by atoms with E-state index in [0.717, 1.165) is 38.5 Å². The molecule has 3 rings (SSSR count). The van der Waals surface area contributed by atoms with E-state index in [0.29, 0.717) is 30.2 Å². The molecule has 0 radical (unpaired) electrons. The number of likely N-dealkylation sites (tertiary alicyclic amines) is 1. The van der Waals surface area contributed by atoms with E-state index >= 15 is 0 Å². The first-order valence-electron chi connectivity index (χ1n) is 10.7. The molecule has 3 amide bonds. The van der Waals surface area contributed by atoms with E-state index in [-0.39, 0.29) is 30.4 Å². The Morgan fingerprint density at radius 1 is 1.17 bits per heavy atom. The van der Waals surface area contributed by atoms with Crippen LogP contribution in [0, 0.1) is 5.92 Å². The summed E-state index contributed by atoms with van der Waals surface area (Å²) >= 11 is 0. The van der Waals surface area contributed by atoms with Crippen LogP contribution in [0.2, 0.25) is 0 Å². The van der Waals surface area contributed by atoms with E-state index in [1.54, 1.807) is 30.2 Å². The summed E-state index contributed by atoms with van der Waals surface area (Å²) in [5, 5.41) is 16.5. The first kappa shape index (κ1) is 22.2. The summed E-state index contributed by atoms with van der Waals surface area (Å²) in [7, 11) is 3.08. The second kappa shape index (κ2) is 10.5. The Labute approximate surface area is 177 Å². The van der Waals surface area contributed by atoms with Gasteiger partial charge in [-0.05, 0) is 43.9 Å². The number of nitrogens with one attached hydrogen (secondary N) is 2. The van der Waals surface area contributed by atoms with Crippen molar-refractivity contribution in [2.75, 3.05) is 33.9 Å². The fraction of sp³-hybridized carbons (Fsp3) is 0.636. The van der Waals surface area contributed by atoms with Gasteiger partial charge in [-0.3, -0.25) is 4.79 Å². The molecule has 2 aliphatic rings. The van der Waals surface area contributed by atoms with Crippen LogP contribution in [0.5, 0.6) is 11.5 Å². The number of carbonyl (C=O) groups excluding carboxylic acids is 2. The number of hydrogen-bond acceptors (Lipinski definition) is 5. The zero-order valence-corrected chi connectivity index (χ0v) is 17.9. The van der Waals surface area contributed by atoms with Gasteiger partial charge in [-0.2, -0.15) is 0 Å². The number of piperidine rings is 1. The molecule has 166 valence electrons. The maximum atomic E-state index is 12.7. The lowest BCUT2D eigenvalue weighted by molar-refractivity contribution is -0.126. The van der Waals surface area contributed by atoms with Crippen LogP contribution in [0.4, 0.5) is 4.79 Å². The minimum atomic E-state index is -0.927. The molecule has 8 nitrogen and oxygen atoms in total. The average Bonchev–Trinajstić information content (AvgIpc) is 3.29. The van der Waals surface area contributed by atoms with Gasteiger partial charge in [-0.1, -0.05) is 12.8 Å². The van der Waals surface area contributed by atoms with Crippen molar-refractivity contribution in [1.29, 1.82) is 0 Å². The molecule has 0 bridgehead atoms. The van der Waals surface area contributed by atoms with Crippen molar-refractivity contribution in [1.82, 2.24) is 15.5 Å². The topological polar surface area (TPSA) is 100 Å². The first-order valence-corrected chi connectivity index (χ1v) is 10.7. The van der Waals surface area contributed by atoms with E-state index in [1.807, 2.05) is 0 Å². The highest BCUT2D eigenvalue weighted by Gasteiger charge is 2.30. The Morgan fingerprint density at radius 3 is 2.63 bits per heavy atom. The summed E-state index contributed by atoms with van der Waals surface area (Å²) in [4.78, 5) is 27.0. The highest BCUT2D eigenvalue weighted by Crippen LogP contribution is 2.29. The number of nitrogens with zero attached hydrogens (tertiary/aromatic N) is 1. The summed E-state index contributed by atoms with van der Waals surface area (Å²) in [5.74, 6) is 0.721. The average molecular weight is 420 g/mol. The molecule has 3 N–H and O–H groups in total. The highest BCUT2D eigenvalue weighted by molar-refractivity contribution is 5.81. The third kappa shape index (κ3) is 5.56. The number of carbonyl (C=O) groups is 2. The number of benzene rings is 1. The summed E-state index contributed by atoms with van der Waals surface area (Å²) in [5.41, 5.74) is 0.554. The van der Waals surface area contributed by atoms with Gasteiger partial charge >= 0.3 is 6.03 Å². The molecule has 0 unspecified atom stereocenters. The van der Waals surface area contributed by atoms with Gasteiger partial charge in [-0.15, -0.1) is 0 Å². The van der Waals surface area contributed by atoms with Crippen LogP contribution >= 0.6 is 0 Å². The number of hydrogen-bond donors (Lipinski definition) is 3. The maximum Gasteiger partial charge on any atom is 0.317 e.